The number of benzene rings is 1. The summed E-state index contributed by atoms with van der Waals surface area (Å²) in [6, 6.07) is 9.48. The minimum atomic E-state index is -0.475. The molecule has 8 nitrogen and oxygen atoms in total. The maximum absolute atomic E-state index is 13.4. The first kappa shape index (κ1) is 18.0. The first-order chi connectivity index (χ1) is 13.7. The van der Waals surface area contributed by atoms with E-state index in [1.165, 1.54) is 30.2 Å². The van der Waals surface area contributed by atoms with E-state index in [4.69, 9.17) is 13.6 Å². The first-order valence-corrected chi connectivity index (χ1v) is 9.11. The fraction of sp³-hybridized carbons (Fsp3) is 0.111. The van der Waals surface area contributed by atoms with Gasteiger partial charge in [0.25, 0.3) is 11.8 Å². The minimum absolute atomic E-state index is 0.0194. The second kappa shape index (κ2) is 8.09. The molecule has 28 heavy (non-hydrogen) atoms. The van der Waals surface area contributed by atoms with Crippen molar-refractivity contribution >= 4 is 17.7 Å². The summed E-state index contributed by atoms with van der Waals surface area (Å²) in [7, 11) is 0. The summed E-state index contributed by atoms with van der Waals surface area (Å²) < 4.78 is 30.8. The zero-order valence-electron chi connectivity index (χ0n) is 14.3. The molecular formula is C18H13FN4O4S. The maximum Gasteiger partial charge on any atom is 0.316 e. The van der Waals surface area contributed by atoms with Crippen LogP contribution in [0.5, 0.6) is 0 Å². The Morgan fingerprint density at radius 2 is 2.18 bits per heavy atom. The average Bonchev–Trinajstić information content (AvgIpc) is 3.46. The van der Waals surface area contributed by atoms with Gasteiger partial charge in [0.2, 0.25) is 0 Å². The lowest BCUT2D eigenvalue weighted by Gasteiger charge is -2.07. The van der Waals surface area contributed by atoms with Gasteiger partial charge in [0.15, 0.2) is 17.5 Å². The predicted molar refractivity (Wildman–Crippen MR) is 96.0 cm³/mol. The van der Waals surface area contributed by atoms with Crippen LogP contribution in [0.3, 0.4) is 0 Å². The topological polar surface area (TPSA) is 96.2 Å². The fourth-order valence-electron chi connectivity index (χ4n) is 2.34. The molecule has 10 heteroatoms. The van der Waals surface area contributed by atoms with Crippen LogP contribution in [0.2, 0.25) is 0 Å². The molecule has 0 atom stereocenters. The molecular weight excluding hydrogens is 387 g/mol. The highest BCUT2D eigenvalue weighted by atomic mass is 32.2. The maximum atomic E-state index is 13.4. The standard InChI is InChI=1S/C18H13FN4O4S/c19-12-3-1-4-13(9-12)23-7-6-20-18(23)28-11-16(24)26-10-15-21-22-17(27-15)14-5-2-8-25-14/h1-9H,10-11H2. The third kappa shape index (κ3) is 4.12. The molecule has 0 aliphatic heterocycles. The monoisotopic (exact) mass is 400 g/mol. The lowest BCUT2D eigenvalue weighted by Crippen LogP contribution is -2.08. The van der Waals surface area contributed by atoms with E-state index >= 15 is 0 Å². The van der Waals surface area contributed by atoms with E-state index in [-0.39, 0.29) is 30.0 Å². The average molecular weight is 400 g/mol. The molecule has 3 heterocycles. The smallest absolute Gasteiger partial charge is 0.316 e. The zero-order valence-corrected chi connectivity index (χ0v) is 15.1. The Labute approximate surface area is 162 Å². The number of furan rings is 1. The molecule has 0 fully saturated rings. The van der Waals surface area contributed by atoms with E-state index in [0.29, 0.717) is 16.6 Å². The quantitative estimate of drug-likeness (QED) is 0.344. The Bertz CT molecular complexity index is 1080. The van der Waals surface area contributed by atoms with E-state index in [1.807, 2.05) is 0 Å². The number of ether oxygens (including phenoxy) is 1. The van der Waals surface area contributed by atoms with Gasteiger partial charge in [0.05, 0.1) is 17.7 Å². The zero-order chi connectivity index (χ0) is 19.3. The number of hydrogen-bond donors (Lipinski definition) is 0. The van der Waals surface area contributed by atoms with Crippen molar-refractivity contribution in [3.63, 3.8) is 0 Å². The molecule has 4 rings (SSSR count). The molecule has 1 aromatic carbocycles. The van der Waals surface area contributed by atoms with Crippen molar-refractivity contribution in [2.75, 3.05) is 5.75 Å². The second-order valence-electron chi connectivity index (χ2n) is 5.49. The lowest BCUT2D eigenvalue weighted by molar-refractivity contribution is -0.142. The number of rotatable bonds is 7. The summed E-state index contributed by atoms with van der Waals surface area (Å²) in [6.07, 6.45) is 4.76. The van der Waals surface area contributed by atoms with E-state index in [1.54, 1.807) is 41.2 Å². The number of esters is 1. The molecule has 4 aromatic rings. The largest absolute Gasteiger partial charge is 0.459 e. The van der Waals surface area contributed by atoms with E-state index in [9.17, 15) is 9.18 Å². The van der Waals surface area contributed by atoms with Gasteiger partial charge in [-0.15, -0.1) is 10.2 Å². The molecule has 0 N–H and O–H groups in total. The van der Waals surface area contributed by atoms with Crippen LogP contribution in [0.25, 0.3) is 17.3 Å². The summed E-state index contributed by atoms with van der Waals surface area (Å²) in [4.78, 5) is 16.2. The van der Waals surface area contributed by atoms with Crippen molar-refractivity contribution in [1.82, 2.24) is 19.7 Å². The van der Waals surface area contributed by atoms with Crippen molar-refractivity contribution in [2.24, 2.45) is 0 Å². The van der Waals surface area contributed by atoms with E-state index in [2.05, 4.69) is 15.2 Å². The van der Waals surface area contributed by atoms with Crippen LogP contribution in [0.1, 0.15) is 5.89 Å². The molecule has 0 saturated heterocycles. The predicted octanol–water partition coefficient (Wildman–Crippen LogP) is 3.49. The van der Waals surface area contributed by atoms with Gasteiger partial charge in [-0.2, -0.15) is 0 Å². The number of carbonyl (C=O) groups is 1. The van der Waals surface area contributed by atoms with Gasteiger partial charge in [-0.3, -0.25) is 9.36 Å². The van der Waals surface area contributed by atoms with Crippen LogP contribution < -0.4 is 0 Å². The van der Waals surface area contributed by atoms with Crippen LogP contribution in [0.15, 0.2) is 69.0 Å². The number of imidazole rings is 1. The number of halogens is 1. The van der Waals surface area contributed by atoms with Gasteiger partial charge in [-0.25, -0.2) is 9.37 Å². The minimum Gasteiger partial charge on any atom is -0.459 e. The van der Waals surface area contributed by atoms with Crippen molar-refractivity contribution < 1.29 is 22.8 Å². The van der Waals surface area contributed by atoms with Gasteiger partial charge in [0, 0.05) is 12.4 Å². The van der Waals surface area contributed by atoms with Crippen LogP contribution in [0.4, 0.5) is 4.39 Å². The Morgan fingerprint density at radius 1 is 1.25 bits per heavy atom. The van der Waals surface area contributed by atoms with Gasteiger partial charge < -0.3 is 13.6 Å². The summed E-state index contributed by atoms with van der Waals surface area (Å²) in [5.41, 5.74) is 0.615. The molecule has 0 aliphatic carbocycles. The van der Waals surface area contributed by atoms with Crippen LogP contribution in [-0.2, 0) is 16.1 Å². The fourth-order valence-corrected chi connectivity index (χ4v) is 3.11. The van der Waals surface area contributed by atoms with Gasteiger partial charge in [0.1, 0.15) is 5.82 Å². The molecule has 0 spiro atoms. The first-order valence-electron chi connectivity index (χ1n) is 8.13. The number of thioether (sulfide) groups is 1. The Hall–Kier alpha value is -3.40. The highest BCUT2D eigenvalue weighted by Crippen LogP contribution is 2.22. The van der Waals surface area contributed by atoms with Crippen molar-refractivity contribution in [1.29, 1.82) is 0 Å². The lowest BCUT2D eigenvalue weighted by atomic mass is 10.3. The molecule has 0 unspecified atom stereocenters. The van der Waals surface area contributed by atoms with Gasteiger partial charge in [-0.1, -0.05) is 17.8 Å². The number of hydrogen-bond acceptors (Lipinski definition) is 8. The van der Waals surface area contributed by atoms with Crippen LogP contribution in [-0.4, -0.2) is 31.5 Å². The molecule has 0 amide bonds. The highest BCUT2D eigenvalue weighted by Gasteiger charge is 2.14. The summed E-state index contributed by atoms with van der Waals surface area (Å²) in [5.74, 6) is -0.00384. The summed E-state index contributed by atoms with van der Waals surface area (Å²) in [5, 5.41) is 8.17. The van der Waals surface area contributed by atoms with Gasteiger partial charge in [-0.05, 0) is 30.3 Å². The molecule has 0 bridgehead atoms. The number of carbonyl (C=O) groups excluding carboxylic acids is 1. The van der Waals surface area contributed by atoms with E-state index in [0.717, 1.165) is 0 Å². The van der Waals surface area contributed by atoms with Crippen molar-refractivity contribution in [2.45, 2.75) is 11.8 Å². The third-order valence-corrected chi connectivity index (χ3v) is 4.51. The molecule has 3 aromatic heterocycles. The van der Waals surface area contributed by atoms with E-state index < -0.39 is 5.97 Å². The van der Waals surface area contributed by atoms with Crippen molar-refractivity contribution in [3.8, 4) is 17.3 Å². The third-order valence-electron chi connectivity index (χ3n) is 3.57. The normalized spacial score (nSPS) is 10.9. The Balaban J connectivity index is 1.32. The molecule has 142 valence electrons. The van der Waals surface area contributed by atoms with Gasteiger partial charge >= 0.3 is 5.97 Å². The molecule has 0 saturated carbocycles. The number of nitrogens with zero attached hydrogens (tertiary/aromatic N) is 4. The summed E-state index contributed by atoms with van der Waals surface area (Å²) in [6.45, 7) is -0.147. The summed E-state index contributed by atoms with van der Waals surface area (Å²) >= 11 is 1.17. The van der Waals surface area contributed by atoms with Crippen molar-refractivity contribution in [3.05, 3.63) is 66.8 Å². The Kier molecular flexibility index (Phi) is 5.20. The number of aromatic nitrogens is 4. The Morgan fingerprint density at radius 3 is 3.00 bits per heavy atom. The SMILES string of the molecule is O=C(CSc1nccn1-c1cccc(F)c1)OCc1nnc(-c2ccco2)o1. The molecule has 0 radical (unpaired) electrons. The second-order valence-corrected chi connectivity index (χ2v) is 6.43. The molecule has 0 aliphatic rings. The highest BCUT2D eigenvalue weighted by molar-refractivity contribution is 7.99. The van der Waals surface area contributed by atoms with Crippen LogP contribution in [0, 0.1) is 5.82 Å². The van der Waals surface area contributed by atoms with Crippen LogP contribution >= 0.6 is 11.8 Å².